The Balaban J connectivity index is -0.000001000. The van der Waals surface area contributed by atoms with Crippen LogP contribution in [0.2, 0.25) is 0 Å². The van der Waals surface area contributed by atoms with Gasteiger partial charge in [0.15, 0.2) is 0 Å². The largest absolute Gasteiger partial charge is 1.00 e. The molecule has 2 aromatic carbocycles. The van der Waals surface area contributed by atoms with Crippen LogP contribution in [0, 0.1) is 0 Å². The van der Waals surface area contributed by atoms with E-state index >= 15 is 0 Å². The minimum absolute atomic E-state index is 0. The Morgan fingerprint density at radius 1 is 0.857 bits per heavy atom. The zero-order valence-electron chi connectivity index (χ0n) is 13.3. The smallest absolute Gasteiger partial charge is 1.00 e. The SMILES string of the molecule is Nc1cc2ccc(S(=O)(=O)O)cc2cc1S(=O)(=O)O.[H-].[H-].[Na+].[Na+]. The Kier molecular flexibility index (Phi) is 7.37. The van der Waals surface area contributed by atoms with Gasteiger partial charge in [-0.1, -0.05) is 6.07 Å². The molecule has 21 heavy (non-hydrogen) atoms. The summed E-state index contributed by atoms with van der Waals surface area (Å²) >= 11 is 0. The average molecular weight is 351 g/mol. The molecule has 0 bridgehead atoms. The van der Waals surface area contributed by atoms with Crippen LogP contribution in [0.3, 0.4) is 0 Å². The molecule has 0 aliphatic carbocycles. The van der Waals surface area contributed by atoms with Gasteiger partial charge >= 0.3 is 59.1 Å². The van der Waals surface area contributed by atoms with Crippen molar-refractivity contribution in [3.05, 3.63) is 30.3 Å². The fourth-order valence-corrected chi connectivity index (χ4v) is 2.80. The van der Waals surface area contributed by atoms with E-state index in [-0.39, 0.29) is 77.9 Å². The Morgan fingerprint density at radius 2 is 1.43 bits per heavy atom. The van der Waals surface area contributed by atoms with E-state index < -0.39 is 25.1 Å². The molecular weight excluding hydrogens is 340 g/mol. The molecule has 0 amide bonds. The summed E-state index contributed by atoms with van der Waals surface area (Å²) in [4.78, 5) is -0.904. The first kappa shape index (κ1) is 21.3. The van der Waals surface area contributed by atoms with E-state index in [1.165, 1.54) is 12.1 Å². The summed E-state index contributed by atoms with van der Waals surface area (Å²) in [6, 6.07) is 5.92. The number of nitrogens with two attached hydrogens (primary N) is 1. The number of fused-ring (bicyclic) bond motifs is 1. The van der Waals surface area contributed by atoms with Gasteiger partial charge < -0.3 is 8.59 Å². The molecule has 0 aliphatic heterocycles. The van der Waals surface area contributed by atoms with Gasteiger partial charge in [0.25, 0.3) is 20.2 Å². The van der Waals surface area contributed by atoms with Crippen LogP contribution in [0.1, 0.15) is 2.85 Å². The predicted molar refractivity (Wildman–Crippen MR) is 70.2 cm³/mol. The van der Waals surface area contributed by atoms with Crippen molar-refractivity contribution in [3.63, 3.8) is 0 Å². The van der Waals surface area contributed by atoms with Gasteiger partial charge in [-0.15, -0.1) is 0 Å². The third-order valence-corrected chi connectivity index (χ3v) is 4.28. The summed E-state index contributed by atoms with van der Waals surface area (Å²) in [5.74, 6) is 0. The Morgan fingerprint density at radius 3 is 1.90 bits per heavy atom. The molecule has 0 saturated carbocycles. The number of anilines is 1. The molecule has 4 N–H and O–H groups in total. The predicted octanol–water partition coefficient (Wildman–Crippen LogP) is -4.85. The maximum atomic E-state index is 11.1. The van der Waals surface area contributed by atoms with E-state index in [2.05, 4.69) is 0 Å². The zero-order chi connectivity index (χ0) is 14.4. The van der Waals surface area contributed by atoms with E-state index in [0.717, 1.165) is 18.2 Å². The van der Waals surface area contributed by atoms with E-state index in [1.807, 2.05) is 0 Å². The van der Waals surface area contributed by atoms with Crippen LogP contribution in [-0.2, 0) is 20.2 Å². The molecule has 2 rings (SSSR count). The molecule has 106 valence electrons. The molecular formula is C10H11NNa2O6S2. The molecule has 0 fully saturated rings. The van der Waals surface area contributed by atoms with Crippen LogP contribution in [0.25, 0.3) is 10.8 Å². The molecule has 7 nitrogen and oxygen atoms in total. The first-order valence-electron chi connectivity index (χ1n) is 4.87. The molecule has 0 aromatic heterocycles. The van der Waals surface area contributed by atoms with Crippen LogP contribution in [0.5, 0.6) is 0 Å². The van der Waals surface area contributed by atoms with Crippen LogP contribution < -0.4 is 64.8 Å². The van der Waals surface area contributed by atoms with Gasteiger partial charge in [0.2, 0.25) is 0 Å². The average Bonchev–Trinajstić information content (AvgIpc) is 2.24. The standard InChI is InChI=1S/C10H9NO6S2.2Na.2H/c11-9-4-6-1-2-8(18(12,13)14)3-7(6)5-10(9)19(15,16)17;;;;/h1-5H,11H2,(H,12,13,14)(H,15,16,17);;;;/q;2*+1;2*-1. The summed E-state index contributed by atoms with van der Waals surface area (Å²) in [5.41, 5.74) is 5.33. The summed E-state index contributed by atoms with van der Waals surface area (Å²) in [6.07, 6.45) is 0. The molecule has 11 heteroatoms. The summed E-state index contributed by atoms with van der Waals surface area (Å²) in [5, 5.41) is 0.675. The van der Waals surface area contributed by atoms with Crippen molar-refractivity contribution in [3.8, 4) is 0 Å². The van der Waals surface area contributed by atoms with Crippen molar-refractivity contribution in [2.24, 2.45) is 0 Å². The maximum absolute atomic E-state index is 11.1. The Labute approximate surface area is 169 Å². The molecule has 2 aromatic rings. The van der Waals surface area contributed by atoms with Gasteiger partial charge in [-0.3, -0.25) is 9.11 Å². The zero-order valence-corrected chi connectivity index (χ0v) is 16.9. The third kappa shape index (κ3) is 4.90. The van der Waals surface area contributed by atoms with Crippen LogP contribution in [0.15, 0.2) is 40.1 Å². The third-order valence-electron chi connectivity index (χ3n) is 2.52. The van der Waals surface area contributed by atoms with Crippen LogP contribution >= 0.6 is 0 Å². The second-order valence-electron chi connectivity index (χ2n) is 3.85. The molecule has 0 saturated heterocycles. The first-order valence-corrected chi connectivity index (χ1v) is 7.75. The normalized spacial score (nSPS) is 11.5. The minimum atomic E-state index is -4.51. The van der Waals surface area contributed by atoms with Crippen LogP contribution in [0.4, 0.5) is 5.69 Å². The number of rotatable bonds is 2. The van der Waals surface area contributed by atoms with E-state index in [9.17, 15) is 16.8 Å². The quantitative estimate of drug-likeness (QED) is 0.281. The van der Waals surface area contributed by atoms with E-state index in [0.29, 0.717) is 5.39 Å². The van der Waals surface area contributed by atoms with Crippen molar-refractivity contribution in [1.82, 2.24) is 0 Å². The summed E-state index contributed by atoms with van der Waals surface area (Å²) in [7, 11) is -8.91. The second-order valence-corrected chi connectivity index (χ2v) is 6.66. The van der Waals surface area contributed by atoms with Gasteiger partial charge in [0.1, 0.15) is 4.90 Å². The number of hydrogen-bond donors (Lipinski definition) is 3. The number of nitrogen functional groups attached to an aromatic ring is 1. The fourth-order valence-electron chi connectivity index (χ4n) is 1.66. The molecule has 0 radical (unpaired) electrons. The topological polar surface area (TPSA) is 135 Å². The van der Waals surface area contributed by atoms with E-state index in [1.54, 1.807) is 0 Å². The molecule has 0 aliphatic rings. The Hall–Kier alpha value is 0.320. The molecule has 0 unspecified atom stereocenters. The van der Waals surface area contributed by atoms with Gasteiger partial charge in [-0.05, 0) is 35.0 Å². The number of hydrogen-bond acceptors (Lipinski definition) is 5. The molecule has 0 heterocycles. The summed E-state index contributed by atoms with van der Waals surface area (Å²) < 4.78 is 62.0. The molecule has 0 spiro atoms. The first-order chi connectivity index (χ1) is 8.59. The van der Waals surface area contributed by atoms with Crippen molar-refractivity contribution in [1.29, 1.82) is 0 Å². The van der Waals surface area contributed by atoms with Gasteiger partial charge in [0, 0.05) is 0 Å². The fraction of sp³-hybridized carbons (Fsp3) is 0. The van der Waals surface area contributed by atoms with Crippen molar-refractivity contribution in [2.45, 2.75) is 9.79 Å². The Bertz CT molecular complexity index is 890. The van der Waals surface area contributed by atoms with Crippen molar-refractivity contribution >= 4 is 36.7 Å². The minimum Gasteiger partial charge on any atom is -1.00 e. The molecule has 0 atom stereocenters. The maximum Gasteiger partial charge on any atom is 1.00 e. The van der Waals surface area contributed by atoms with Gasteiger partial charge in [0.05, 0.1) is 10.6 Å². The van der Waals surface area contributed by atoms with Gasteiger partial charge in [-0.2, -0.15) is 16.8 Å². The van der Waals surface area contributed by atoms with Gasteiger partial charge in [-0.25, -0.2) is 0 Å². The monoisotopic (exact) mass is 351 g/mol. The number of benzene rings is 2. The van der Waals surface area contributed by atoms with E-state index in [4.69, 9.17) is 14.8 Å². The summed E-state index contributed by atoms with van der Waals surface area (Å²) in [6.45, 7) is 0. The van der Waals surface area contributed by atoms with Crippen molar-refractivity contribution < 1.29 is 87.9 Å². The van der Waals surface area contributed by atoms with Crippen molar-refractivity contribution in [2.75, 3.05) is 5.73 Å². The second kappa shape index (κ2) is 7.26. The van der Waals surface area contributed by atoms with Crippen LogP contribution in [-0.4, -0.2) is 25.9 Å².